The Kier molecular flexibility index (Phi) is 65.9. The molecule has 0 heterocycles. The summed E-state index contributed by atoms with van der Waals surface area (Å²) in [5, 5.41) is 10.6. The average Bonchev–Trinajstić information content (AvgIpc) is 2.40. The summed E-state index contributed by atoms with van der Waals surface area (Å²) in [4.78, 5) is 72.4. The fourth-order valence-corrected chi connectivity index (χ4v) is 12.9. The number of hydrogen-bond acceptors (Lipinski definition) is 15. The van der Waals surface area contributed by atoms with E-state index in [0.29, 0.717) is 25.7 Å². The predicted octanol–water partition coefficient (Wildman–Crippen LogP) is 21.7. The molecular weight excluding hydrogens is 1220 g/mol. The quantitative estimate of drug-likeness (QED) is 0.0222. The van der Waals surface area contributed by atoms with Crippen molar-refractivity contribution in [3.8, 4) is 0 Å². The maximum absolute atomic E-state index is 13.1. The minimum atomic E-state index is -4.95. The smallest absolute Gasteiger partial charge is 0.462 e. The van der Waals surface area contributed by atoms with Crippen LogP contribution >= 0.6 is 15.6 Å². The zero-order valence-electron chi connectivity index (χ0n) is 60.4. The van der Waals surface area contributed by atoms with Gasteiger partial charge in [-0.05, 0) is 31.6 Å². The summed E-state index contributed by atoms with van der Waals surface area (Å²) in [6.45, 7) is 7.18. The molecule has 0 amide bonds. The second-order valence-electron chi connectivity index (χ2n) is 27.2. The molecule has 0 aromatic heterocycles. The molecule has 0 bridgehead atoms. The Morgan fingerprint density at radius 1 is 0.290 bits per heavy atom. The Morgan fingerprint density at radius 3 is 0.731 bits per heavy atom. The Morgan fingerprint density at radius 2 is 0.495 bits per heavy atom. The Labute approximate surface area is 568 Å². The number of rotatable bonds is 74. The first-order valence-electron chi connectivity index (χ1n) is 38.6. The molecule has 0 aliphatic heterocycles. The highest BCUT2D eigenvalue weighted by Gasteiger charge is 2.30. The lowest BCUT2D eigenvalue weighted by Gasteiger charge is -2.21. The van der Waals surface area contributed by atoms with Gasteiger partial charge in [-0.15, -0.1) is 0 Å². The van der Waals surface area contributed by atoms with Crippen molar-refractivity contribution in [2.45, 2.75) is 406 Å². The summed E-state index contributed by atoms with van der Waals surface area (Å²) >= 11 is 0. The lowest BCUT2D eigenvalue weighted by molar-refractivity contribution is -0.161. The van der Waals surface area contributed by atoms with Crippen LogP contribution in [0.2, 0.25) is 0 Å². The van der Waals surface area contributed by atoms with Gasteiger partial charge in [0, 0.05) is 25.7 Å². The van der Waals surface area contributed by atoms with Gasteiger partial charge in [-0.25, -0.2) is 9.13 Å². The van der Waals surface area contributed by atoms with Crippen LogP contribution in [0.5, 0.6) is 0 Å². The summed E-state index contributed by atoms with van der Waals surface area (Å²) < 4.78 is 68.2. The van der Waals surface area contributed by atoms with Crippen LogP contribution in [0, 0.1) is 5.92 Å². The van der Waals surface area contributed by atoms with Crippen molar-refractivity contribution in [3.63, 3.8) is 0 Å². The maximum Gasteiger partial charge on any atom is 0.472 e. The van der Waals surface area contributed by atoms with Crippen LogP contribution in [-0.2, 0) is 65.4 Å². The molecule has 0 rings (SSSR count). The number of phosphoric ester groups is 2. The molecule has 0 aliphatic carbocycles. The number of unbranched alkanes of at least 4 members (excludes halogenated alkanes) is 46. The summed E-state index contributed by atoms with van der Waals surface area (Å²) in [7, 11) is -9.90. The highest BCUT2D eigenvalue weighted by atomic mass is 31.2. The van der Waals surface area contributed by atoms with Gasteiger partial charge < -0.3 is 33.8 Å². The van der Waals surface area contributed by atoms with Crippen LogP contribution in [0.3, 0.4) is 0 Å². The number of ether oxygens (including phenoxy) is 4. The van der Waals surface area contributed by atoms with Gasteiger partial charge in [0.15, 0.2) is 12.2 Å². The molecule has 0 saturated heterocycles. The van der Waals surface area contributed by atoms with Crippen molar-refractivity contribution >= 4 is 39.5 Å². The van der Waals surface area contributed by atoms with E-state index in [0.717, 1.165) is 102 Å². The van der Waals surface area contributed by atoms with Crippen LogP contribution in [0.25, 0.3) is 0 Å². The fourth-order valence-electron chi connectivity index (χ4n) is 11.4. The van der Waals surface area contributed by atoms with Gasteiger partial charge in [-0.2, -0.15) is 0 Å². The second kappa shape index (κ2) is 67.3. The molecule has 0 aromatic carbocycles. The monoisotopic (exact) mass is 1370 g/mol. The van der Waals surface area contributed by atoms with Gasteiger partial charge in [0.25, 0.3) is 0 Å². The third kappa shape index (κ3) is 68.4. The highest BCUT2D eigenvalue weighted by Crippen LogP contribution is 2.45. The van der Waals surface area contributed by atoms with Gasteiger partial charge in [0.2, 0.25) is 0 Å². The standard InChI is InChI=1S/C74H144O17P2/c1-6-9-12-15-17-19-21-23-25-26-27-28-29-30-31-33-35-40-44-49-54-59-74(79)91-70(64-85-72(77)58-53-48-43-39-34-32-24-22-20-18-16-13-10-7-2)66-89-93(82,83)87-62-68(75)61-86-92(80,81)88-65-69(63-84-71(76)57-52-46-14-11-8-3)90-73(78)60-55-50-45-41-37-36-38-42-47-51-56-67(4)5/h67-70,75H,6-66H2,1-5H3,(H,80,81)(H,82,83)/t68-,69+,70+/m0/s1. The minimum Gasteiger partial charge on any atom is -0.462 e. The van der Waals surface area contributed by atoms with Gasteiger partial charge in [-0.1, -0.05) is 336 Å². The lowest BCUT2D eigenvalue weighted by atomic mass is 10.0. The molecule has 2 unspecified atom stereocenters. The van der Waals surface area contributed by atoms with Crippen molar-refractivity contribution < 1.29 is 80.2 Å². The molecule has 0 spiro atoms. The van der Waals surface area contributed by atoms with E-state index in [2.05, 4.69) is 34.6 Å². The van der Waals surface area contributed by atoms with Gasteiger partial charge >= 0.3 is 39.5 Å². The number of phosphoric acid groups is 2. The van der Waals surface area contributed by atoms with E-state index in [9.17, 15) is 43.2 Å². The van der Waals surface area contributed by atoms with E-state index in [-0.39, 0.29) is 25.7 Å². The van der Waals surface area contributed by atoms with Crippen LogP contribution < -0.4 is 0 Å². The number of carbonyl (C=O) groups excluding carboxylic acids is 4. The maximum atomic E-state index is 13.1. The van der Waals surface area contributed by atoms with Crippen molar-refractivity contribution in [3.05, 3.63) is 0 Å². The third-order valence-corrected chi connectivity index (χ3v) is 19.2. The Balaban J connectivity index is 5.11. The average molecular weight is 1370 g/mol. The Hall–Kier alpha value is -1.94. The zero-order chi connectivity index (χ0) is 68.4. The molecule has 0 saturated carbocycles. The van der Waals surface area contributed by atoms with E-state index in [1.165, 1.54) is 205 Å². The fraction of sp³-hybridized carbons (Fsp3) is 0.946. The third-order valence-electron chi connectivity index (χ3n) is 17.3. The first-order chi connectivity index (χ1) is 45.0. The predicted molar refractivity (Wildman–Crippen MR) is 377 cm³/mol. The first-order valence-corrected chi connectivity index (χ1v) is 41.6. The first kappa shape index (κ1) is 91.1. The number of esters is 4. The minimum absolute atomic E-state index is 0.105. The van der Waals surface area contributed by atoms with Crippen molar-refractivity contribution in [2.24, 2.45) is 5.92 Å². The summed E-state index contributed by atoms with van der Waals surface area (Å²) in [6, 6.07) is 0. The van der Waals surface area contributed by atoms with Crippen molar-refractivity contribution in [2.75, 3.05) is 39.6 Å². The van der Waals surface area contributed by atoms with Crippen LogP contribution in [0.15, 0.2) is 0 Å². The summed E-state index contributed by atoms with van der Waals surface area (Å²) in [6.07, 6.45) is 56.0. The van der Waals surface area contributed by atoms with E-state index in [1.807, 2.05) is 0 Å². The van der Waals surface area contributed by atoms with Crippen LogP contribution in [0.4, 0.5) is 0 Å². The molecule has 19 heteroatoms. The van der Waals surface area contributed by atoms with E-state index in [4.69, 9.17) is 37.0 Å². The normalized spacial score (nSPS) is 14.0. The zero-order valence-corrected chi connectivity index (χ0v) is 62.2. The molecule has 0 aliphatic rings. The van der Waals surface area contributed by atoms with E-state index < -0.39 is 97.5 Å². The molecule has 93 heavy (non-hydrogen) atoms. The summed E-state index contributed by atoms with van der Waals surface area (Å²) in [5.41, 5.74) is 0. The van der Waals surface area contributed by atoms with E-state index >= 15 is 0 Å². The molecule has 0 aromatic rings. The lowest BCUT2D eigenvalue weighted by Crippen LogP contribution is -2.30. The van der Waals surface area contributed by atoms with Gasteiger partial charge in [0.1, 0.15) is 19.3 Å². The van der Waals surface area contributed by atoms with Crippen LogP contribution in [-0.4, -0.2) is 96.7 Å². The highest BCUT2D eigenvalue weighted by molar-refractivity contribution is 7.47. The van der Waals surface area contributed by atoms with Gasteiger partial charge in [-0.3, -0.25) is 37.3 Å². The number of aliphatic hydroxyl groups is 1. The van der Waals surface area contributed by atoms with Gasteiger partial charge in [0.05, 0.1) is 26.4 Å². The molecule has 0 fully saturated rings. The largest absolute Gasteiger partial charge is 0.472 e. The molecule has 5 atom stereocenters. The number of aliphatic hydroxyl groups excluding tert-OH is 1. The Bertz CT molecular complexity index is 1790. The molecule has 552 valence electrons. The second-order valence-corrected chi connectivity index (χ2v) is 30.1. The molecule has 17 nitrogen and oxygen atoms in total. The molecular formula is C74H144O17P2. The molecule has 3 N–H and O–H groups in total. The van der Waals surface area contributed by atoms with Crippen molar-refractivity contribution in [1.29, 1.82) is 0 Å². The van der Waals surface area contributed by atoms with Crippen molar-refractivity contribution in [1.82, 2.24) is 0 Å². The topological polar surface area (TPSA) is 237 Å². The molecule has 0 radical (unpaired) electrons. The van der Waals surface area contributed by atoms with E-state index in [1.54, 1.807) is 0 Å². The number of carbonyl (C=O) groups is 4. The summed E-state index contributed by atoms with van der Waals surface area (Å²) in [5.74, 6) is -1.38. The van der Waals surface area contributed by atoms with Crippen LogP contribution in [0.1, 0.15) is 388 Å². The number of hydrogen-bond donors (Lipinski definition) is 3. The SMILES string of the molecule is CCCCCCCCCCCCCCCCCCCCCCCC(=O)O[C@H](COC(=O)CCCCCCCCCCCCCCCC)COP(=O)(O)OC[C@@H](O)COP(=O)(O)OC[C@@H](COC(=O)CCCCCCC)OC(=O)CCCCCCCCCCCCC(C)C.